The highest BCUT2D eigenvalue weighted by atomic mass is 16.1. The largest absolute Gasteiger partial charge is 0.383 e. The second-order valence-corrected chi connectivity index (χ2v) is 5.08. The van der Waals surface area contributed by atoms with Crippen LogP contribution in [0.4, 0.5) is 11.4 Å². The van der Waals surface area contributed by atoms with Crippen LogP contribution in [0.15, 0.2) is 48.5 Å². The molecule has 1 aliphatic rings. The highest BCUT2D eigenvalue weighted by Crippen LogP contribution is 2.30. The monoisotopic (exact) mass is 266 g/mol. The number of aryl methyl sites for hydroxylation is 1. The van der Waals surface area contributed by atoms with Crippen molar-refractivity contribution in [1.29, 1.82) is 0 Å². The Morgan fingerprint density at radius 2 is 1.95 bits per heavy atom. The average molecular weight is 266 g/mol. The summed E-state index contributed by atoms with van der Waals surface area (Å²) in [5, 5.41) is 6.40. The zero-order valence-corrected chi connectivity index (χ0v) is 11.4. The van der Waals surface area contributed by atoms with Gasteiger partial charge in [-0.3, -0.25) is 4.79 Å². The van der Waals surface area contributed by atoms with Gasteiger partial charge < -0.3 is 10.6 Å². The molecule has 3 rings (SSSR count). The minimum Gasteiger partial charge on any atom is -0.383 e. The number of anilines is 2. The van der Waals surface area contributed by atoms with Gasteiger partial charge in [0.15, 0.2) is 0 Å². The number of hydrogen-bond acceptors (Lipinski definition) is 2. The van der Waals surface area contributed by atoms with Crippen molar-refractivity contribution in [3.05, 3.63) is 59.7 Å². The van der Waals surface area contributed by atoms with Gasteiger partial charge in [-0.05, 0) is 30.0 Å². The van der Waals surface area contributed by atoms with Gasteiger partial charge in [0, 0.05) is 6.54 Å². The molecule has 0 saturated carbocycles. The Hall–Kier alpha value is -2.29. The molecule has 0 spiro atoms. The lowest BCUT2D eigenvalue weighted by atomic mass is 10.0. The Morgan fingerprint density at radius 3 is 2.80 bits per heavy atom. The third-order valence-corrected chi connectivity index (χ3v) is 3.56. The number of fused-ring (bicyclic) bond motifs is 1. The fourth-order valence-electron chi connectivity index (χ4n) is 2.59. The van der Waals surface area contributed by atoms with Crippen LogP contribution in [0.1, 0.15) is 17.5 Å². The van der Waals surface area contributed by atoms with E-state index in [1.165, 1.54) is 5.56 Å². The second-order valence-electron chi connectivity index (χ2n) is 5.08. The predicted molar refractivity (Wildman–Crippen MR) is 82.0 cm³/mol. The summed E-state index contributed by atoms with van der Waals surface area (Å²) in [4.78, 5) is 12.1. The lowest BCUT2D eigenvalue weighted by Crippen LogP contribution is -2.18. The molecule has 3 heteroatoms. The molecule has 1 aliphatic heterocycles. The first-order valence-corrected chi connectivity index (χ1v) is 7.02. The summed E-state index contributed by atoms with van der Waals surface area (Å²) >= 11 is 0. The topological polar surface area (TPSA) is 41.1 Å². The number of para-hydroxylation sites is 1. The van der Waals surface area contributed by atoms with E-state index in [0.717, 1.165) is 36.3 Å². The summed E-state index contributed by atoms with van der Waals surface area (Å²) in [5.41, 5.74) is 4.29. The molecule has 0 atom stereocenters. The molecule has 20 heavy (non-hydrogen) atoms. The van der Waals surface area contributed by atoms with E-state index in [-0.39, 0.29) is 5.91 Å². The third-order valence-electron chi connectivity index (χ3n) is 3.56. The van der Waals surface area contributed by atoms with E-state index in [0.29, 0.717) is 6.42 Å². The maximum Gasteiger partial charge on any atom is 0.228 e. The number of carbonyl (C=O) groups is 1. The first-order valence-electron chi connectivity index (χ1n) is 7.02. The zero-order valence-electron chi connectivity index (χ0n) is 11.4. The molecular weight excluding hydrogens is 248 g/mol. The van der Waals surface area contributed by atoms with Crippen LogP contribution in [0.25, 0.3) is 0 Å². The van der Waals surface area contributed by atoms with E-state index in [2.05, 4.69) is 16.7 Å². The first-order chi connectivity index (χ1) is 9.83. The molecule has 2 N–H and O–H groups in total. The van der Waals surface area contributed by atoms with E-state index in [4.69, 9.17) is 0 Å². The van der Waals surface area contributed by atoms with Crippen molar-refractivity contribution < 1.29 is 4.79 Å². The van der Waals surface area contributed by atoms with Crippen molar-refractivity contribution >= 4 is 17.3 Å². The SMILES string of the molecule is O=C(Cc1ccccc1)Nc1cccc2c1NCCC2. The maximum absolute atomic E-state index is 12.1. The molecule has 2 aromatic rings. The third kappa shape index (κ3) is 2.82. The smallest absolute Gasteiger partial charge is 0.228 e. The minimum absolute atomic E-state index is 0.0250. The summed E-state index contributed by atoms with van der Waals surface area (Å²) in [6, 6.07) is 15.9. The average Bonchev–Trinajstić information content (AvgIpc) is 2.48. The Balaban J connectivity index is 1.73. The number of amides is 1. The van der Waals surface area contributed by atoms with Gasteiger partial charge in [-0.2, -0.15) is 0 Å². The van der Waals surface area contributed by atoms with Crippen molar-refractivity contribution in [3.8, 4) is 0 Å². The molecule has 102 valence electrons. The summed E-state index contributed by atoms with van der Waals surface area (Å²) in [5.74, 6) is 0.0250. The predicted octanol–water partition coefficient (Wildman–Crippen LogP) is 3.23. The highest BCUT2D eigenvalue weighted by molar-refractivity contribution is 5.96. The van der Waals surface area contributed by atoms with Crippen molar-refractivity contribution in [3.63, 3.8) is 0 Å². The molecule has 1 amide bonds. The van der Waals surface area contributed by atoms with E-state index < -0.39 is 0 Å². The molecule has 2 aromatic carbocycles. The number of rotatable bonds is 3. The van der Waals surface area contributed by atoms with Crippen molar-refractivity contribution in [2.75, 3.05) is 17.2 Å². The number of hydrogen-bond donors (Lipinski definition) is 2. The number of nitrogens with one attached hydrogen (secondary N) is 2. The van der Waals surface area contributed by atoms with Crippen LogP contribution in [0.2, 0.25) is 0 Å². The summed E-state index contributed by atoms with van der Waals surface area (Å²) in [6.45, 7) is 0.971. The standard InChI is InChI=1S/C17H18N2O/c20-16(12-13-6-2-1-3-7-13)19-15-10-4-8-14-9-5-11-18-17(14)15/h1-4,6-8,10,18H,5,9,11-12H2,(H,19,20). The van der Waals surface area contributed by atoms with E-state index in [1.807, 2.05) is 42.5 Å². The summed E-state index contributed by atoms with van der Waals surface area (Å²) in [6.07, 6.45) is 2.63. The normalized spacial score (nSPS) is 13.2. The lowest BCUT2D eigenvalue weighted by Gasteiger charge is -2.21. The van der Waals surface area contributed by atoms with Gasteiger partial charge in [0.2, 0.25) is 5.91 Å². The maximum atomic E-state index is 12.1. The molecule has 0 unspecified atom stereocenters. The van der Waals surface area contributed by atoms with Crippen molar-refractivity contribution in [1.82, 2.24) is 0 Å². The Kier molecular flexibility index (Phi) is 3.68. The molecule has 0 fully saturated rings. The van der Waals surface area contributed by atoms with Gasteiger partial charge in [-0.1, -0.05) is 42.5 Å². The number of benzene rings is 2. The molecule has 3 nitrogen and oxygen atoms in total. The van der Waals surface area contributed by atoms with Crippen LogP contribution >= 0.6 is 0 Å². The molecule has 1 heterocycles. The van der Waals surface area contributed by atoms with E-state index in [1.54, 1.807) is 0 Å². The first kappa shape index (κ1) is 12.7. The van der Waals surface area contributed by atoms with Gasteiger partial charge >= 0.3 is 0 Å². The second kappa shape index (κ2) is 5.78. The summed E-state index contributed by atoms with van der Waals surface area (Å²) in [7, 11) is 0. The molecular formula is C17H18N2O. The quantitative estimate of drug-likeness (QED) is 0.895. The van der Waals surface area contributed by atoms with Crippen molar-refractivity contribution in [2.45, 2.75) is 19.3 Å². The van der Waals surface area contributed by atoms with Crippen LogP contribution in [-0.4, -0.2) is 12.5 Å². The van der Waals surface area contributed by atoms with Gasteiger partial charge in [0.1, 0.15) is 0 Å². The Bertz CT molecular complexity index is 608. The Morgan fingerprint density at radius 1 is 1.10 bits per heavy atom. The number of carbonyl (C=O) groups excluding carboxylic acids is 1. The highest BCUT2D eigenvalue weighted by Gasteiger charge is 2.14. The zero-order chi connectivity index (χ0) is 13.8. The molecule has 0 aromatic heterocycles. The van der Waals surface area contributed by atoms with Crippen LogP contribution in [0, 0.1) is 0 Å². The molecule has 0 aliphatic carbocycles. The summed E-state index contributed by atoms with van der Waals surface area (Å²) < 4.78 is 0. The molecule has 0 radical (unpaired) electrons. The van der Waals surface area contributed by atoms with Gasteiger partial charge in [0.05, 0.1) is 17.8 Å². The van der Waals surface area contributed by atoms with E-state index >= 15 is 0 Å². The van der Waals surface area contributed by atoms with E-state index in [9.17, 15) is 4.79 Å². The van der Waals surface area contributed by atoms with Crippen LogP contribution in [-0.2, 0) is 17.6 Å². The molecule has 0 saturated heterocycles. The lowest BCUT2D eigenvalue weighted by molar-refractivity contribution is -0.115. The van der Waals surface area contributed by atoms with Gasteiger partial charge in [-0.15, -0.1) is 0 Å². The van der Waals surface area contributed by atoms with Gasteiger partial charge in [-0.25, -0.2) is 0 Å². The van der Waals surface area contributed by atoms with Gasteiger partial charge in [0.25, 0.3) is 0 Å². The van der Waals surface area contributed by atoms with Crippen LogP contribution < -0.4 is 10.6 Å². The van der Waals surface area contributed by atoms with Crippen LogP contribution in [0.3, 0.4) is 0 Å². The molecule has 0 bridgehead atoms. The fraction of sp³-hybridized carbons (Fsp3) is 0.235. The minimum atomic E-state index is 0.0250. The fourth-order valence-corrected chi connectivity index (χ4v) is 2.59. The van der Waals surface area contributed by atoms with Crippen LogP contribution in [0.5, 0.6) is 0 Å². The van der Waals surface area contributed by atoms with Crippen molar-refractivity contribution in [2.24, 2.45) is 0 Å². The Labute approximate surface area is 119 Å².